The number of ether oxygens (including phenoxy) is 1. The lowest BCUT2D eigenvalue weighted by atomic mass is 10.1. The Labute approximate surface area is 207 Å². The Morgan fingerprint density at radius 2 is 1.51 bits per heavy atom. The minimum Gasteiger partial charge on any atom is -0.497 e. The summed E-state index contributed by atoms with van der Waals surface area (Å²) in [5.74, 6) is 2.94. The number of aromatic nitrogens is 3. The van der Waals surface area contributed by atoms with Gasteiger partial charge < -0.3 is 19.1 Å². The van der Waals surface area contributed by atoms with Gasteiger partial charge in [0, 0.05) is 38.9 Å². The minimum absolute atomic E-state index is 0.715. The van der Waals surface area contributed by atoms with Gasteiger partial charge in [-0.3, -0.25) is 4.55 Å². The first-order valence-corrected chi connectivity index (χ1v) is 14.0. The molecule has 5 rings (SSSR count). The molecular formula is C25H35N5O4S. The summed E-state index contributed by atoms with van der Waals surface area (Å²) in [5, 5.41) is 1.20. The lowest BCUT2D eigenvalue weighted by molar-refractivity contribution is 0.414. The first-order chi connectivity index (χ1) is 16.7. The highest BCUT2D eigenvalue weighted by atomic mass is 32.2. The fourth-order valence-electron chi connectivity index (χ4n) is 4.75. The summed E-state index contributed by atoms with van der Waals surface area (Å²) in [6, 6.07) is 10.7. The van der Waals surface area contributed by atoms with Gasteiger partial charge in [-0.15, -0.1) is 0 Å². The molecule has 35 heavy (non-hydrogen) atoms. The van der Waals surface area contributed by atoms with Gasteiger partial charge in [-0.25, -0.2) is 0 Å². The second-order valence-corrected chi connectivity index (χ2v) is 10.7. The quantitative estimate of drug-likeness (QED) is 0.513. The zero-order chi connectivity index (χ0) is 25.0. The molecule has 3 aromatic rings. The maximum absolute atomic E-state index is 9.19. The highest BCUT2D eigenvalue weighted by Gasteiger charge is 2.24. The average molecular weight is 502 g/mol. The van der Waals surface area contributed by atoms with E-state index in [0.29, 0.717) is 6.26 Å². The van der Waals surface area contributed by atoms with Gasteiger partial charge in [0.05, 0.1) is 18.8 Å². The third-order valence-electron chi connectivity index (χ3n) is 6.58. The minimum atomic E-state index is -3.67. The molecule has 0 saturated carbocycles. The Morgan fingerprint density at radius 1 is 0.943 bits per heavy atom. The molecule has 0 unspecified atom stereocenters. The van der Waals surface area contributed by atoms with E-state index in [4.69, 9.17) is 19.3 Å². The first-order valence-electron chi connectivity index (χ1n) is 12.1. The summed E-state index contributed by atoms with van der Waals surface area (Å²) in [7, 11) is 0.195. The summed E-state index contributed by atoms with van der Waals surface area (Å²) in [6.45, 7) is 4.34. The number of rotatable bonds is 6. The number of aryl methyl sites for hydroxylation is 3. The molecule has 0 bridgehead atoms. The highest BCUT2D eigenvalue weighted by molar-refractivity contribution is 7.85. The van der Waals surface area contributed by atoms with E-state index in [1.807, 2.05) is 12.1 Å². The molecule has 1 N–H and O–H groups in total. The molecule has 2 fully saturated rings. The Bertz CT molecular complexity index is 1240. The van der Waals surface area contributed by atoms with Gasteiger partial charge in [-0.05, 0) is 62.3 Å². The van der Waals surface area contributed by atoms with Crippen molar-refractivity contribution in [3.8, 4) is 5.75 Å². The summed E-state index contributed by atoms with van der Waals surface area (Å²) in [4.78, 5) is 14.9. The van der Waals surface area contributed by atoms with E-state index in [2.05, 4.69) is 39.6 Å². The lowest BCUT2D eigenvalue weighted by Gasteiger charge is -2.21. The largest absolute Gasteiger partial charge is 0.497 e. The molecule has 0 spiro atoms. The van der Waals surface area contributed by atoms with Crippen molar-refractivity contribution >= 4 is 32.9 Å². The van der Waals surface area contributed by atoms with E-state index < -0.39 is 10.1 Å². The van der Waals surface area contributed by atoms with Gasteiger partial charge in [0.2, 0.25) is 5.95 Å². The molecular weight excluding hydrogens is 466 g/mol. The third kappa shape index (κ3) is 6.43. The van der Waals surface area contributed by atoms with Crippen LogP contribution < -0.4 is 14.5 Å². The number of fused-ring (bicyclic) bond motifs is 1. The van der Waals surface area contributed by atoms with Crippen LogP contribution >= 0.6 is 0 Å². The zero-order valence-electron chi connectivity index (χ0n) is 20.8. The zero-order valence-corrected chi connectivity index (χ0v) is 21.6. The van der Waals surface area contributed by atoms with Crippen LogP contribution in [0.15, 0.2) is 30.3 Å². The molecule has 0 aliphatic carbocycles. The molecule has 4 heterocycles. The van der Waals surface area contributed by atoms with Crippen LogP contribution in [-0.2, 0) is 30.0 Å². The molecule has 190 valence electrons. The average Bonchev–Trinajstić information content (AvgIpc) is 3.59. The number of methoxy groups -OCH3 is 1. The van der Waals surface area contributed by atoms with Crippen LogP contribution in [0, 0.1) is 0 Å². The Hall–Kier alpha value is -2.85. The fraction of sp³-hybridized carbons (Fsp3) is 0.520. The van der Waals surface area contributed by atoms with Gasteiger partial charge in [0.25, 0.3) is 10.1 Å². The van der Waals surface area contributed by atoms with Gasteiger partial charge >= 0.3 is 0 Å². The van der Waals surface area contributed by atoms with Crippen molar-refractivity contribution < 1.29 is 17.7 Å². The second kappa shape index (κ2) is 10.8. The van der Waals surface area contributed by atoms with E-state index in [1.54, 1.807) is 7.11 Å². The molecule has 2 aliphatic rings. The first kappa shape index (κ1) is 25.2. The molecule has 2 aliphatic heterocycles. The number of hydrogen-bond donors (Lipinski definition) is 1. The normalized spacial score (nSPS) is 16.0. The van der Waals surface area contributed by atoms with Crippen molar-refractivity contribution in [1.82, 2.24) is 14.5 Å². The number of hydrogen-bond acceptors (Lipinski definition) is 7. The van der Waals surface area contributed by atoms with Crippen LogP contribution in [0.2, 0.25) is 0 Å². The summed E-state index contributed by atoms with van der Waals surface area (Å²) in [5.41, 5.74) is 3.71. The van der Waals surface area contributed by atoms with E-state index in [1.165, 1.54) is 42.3 Å². The highest BCUT2D eigenvalue weighted by Crippen LogP contribution is 2.32. The van der Waals surface area contributed by atoms with Crippen molar-refractivity contribution in [2.24, 2.45) is 7.05 Å². The monoisotopic (exact) mass is 501 g/mol. The molecule has 2 saturated heterocycles. The summed E-state index contributed by atoms with van der Waals surface area (Å²) in [6.07, 6.45) is 7.68. The number of nitrogens with zero attached hydrogens (tertiary/aromatic N) is 5. The molecule has 10 heteroatoms. The van der Waals surface area contributed by atoms with E-state index in [-0.39, 0.29) is 0 Å². The van der Waals surface area contributed by atoms with E-state index in [0.717, 1.165) is 62.2 Å². The Morgan fingerprint density at radius 3 is 2.09 bits per heavy atom. The topological polar surface area (TPSA) is 101 Å². The smallest absolute Gasteiger partial charge is 0.261 e. The second-order valence-electron chi connectivity index (χ2n) is 9.25. The van der Waals surface area contributed by atoms with Crippen LogP contribution in [0.3, 0.4) is 0 Å². The Balaban J connectivity index is 0.000000527. The van der Waals surface area contributed by atoms with Gasteiger partial charge in [0.1, 0.15) is 17.2 Å². The van der Waals surface area contributed by atoms with Crippen LogP contribution in [0.1, 0.15) is 36.9 Å². The van der Waals surface area contributed by atoms with Gasteiger partial charge in [-0.2, -0.15) is 18.4 Å². The predicted molar refractivity (Wildman–Crippen MR) is 139 cm³/mol. The van der Waals surface area contributed by atoms with Crippen molar-refractivity contribution in [3.63, 3.8) is 0 Å². The molecule has 2 aromatic heterocycles. The molecule has 0 atom stereocenters. The van der Waals surface area contributed by atoms with E-state index >= 15 is 0 Å². The molecule has 0 amide bonds. The molecule has 9 nitrogen and oxygen atoms in total. The van der Waals surface area contributed by atoms with Crippen molar-refractivity contribution in [3.05, 3.63) is 41.6 Å². The van der Waals surface area contributed by atoms with Crippen molar-refractivity contribution in [2.75, 3.05) is 49.3 Å². The summed E-state index contributed by atoms with van der Waals surface area (Å²) >= 11 is 0. The van der Waals surface area contributed by atoms with E-state index in [9.17, 15) is 8.42 Å². The number of anilines is 2. The van der Waals surface area contributed by atoms with Crippen LogP contribution in [0.4, 0.5) is 11.8 Å². The SMILES string of the molecule is COc1ccc(CCc2cc3c(N4CCCC4)nc(N4CCCC4)nc3n2C)cc1.CS(=O)(=O)O. The van der Waals surface area contributed by atoms with Gasteiger partial charge in [-0.1, -0.05) is 12.1 Å². The molecule has 1 aromatic carbocycles. The fourth-order valence-corrected chi connectivity index (χ4v) is 4.75. The van der Waals surface area contributed by atoms with Crippen LogP contribution in [0.25, 0.3) is 11.0 Å². The maximum atomic E-state index is 9.19. The summed E-state index contributed by atoms with van der Waals surface area (Å²) < 4.78 is 33.4. The lowest BCUT2D eigenvalue weighted by Crippen LogP contribution is -2.24. The standard InChI is InChI=1S/C24H31N5O.CH4O3S/c1-27-19(10-7-18-8-11-20(30-2)12-9-18)17-21-22(27)25-24(29-15-5-6-16-29)26-23(21)28-13-3-4-14-28;1-5(2,3)4/h8-9,11-12,17H,3-7,10,13-16H2,1-2H3;1H3,(H,2,3,4). The number of benzene rings is 1. The Kier molecular flexibility index (Phi) is 7.81. The maximum Gasteiger partial charge on any atom is 0.261 e. The molecule has 0 radical (unpaired) electrons. The van der Waals surface area contributed by atoms with Crippen molar-refractivity contribution in [1.29, 1.82) is 0 Å². The predicted octanol–water partition coefficient (Wildman–Crippen LogP) is 3.47. The van der Waals surface area contributed by atoms with Crippen molar-refractivity contribution in [2.45, 2.75) is 38.5 Å². The van der Waals surface area contributed by atoms with Gasteiger partial charge in [0.15, 0.2) is 0 Å². The third-order valence-corrected chi connectivity index (χ3v) is 6.58. The van der Waals surface area contributed by atoms with Crippen LogP contribution in [-0.4, -0.2) is 67.1 Å². The van der Waals surface area contributed by atoms with Crippen LogP contribution in [0.5, 0.6) is 5.75 Å².